The first-order valence-corrected chi connectivity index (χ1v) is 7.44. The zero-order valence-corrected chi connectivity index (χ0v) is 11.1. The summed E-state index contributed by atoms with van der Waals surface area (Å²) in [5.74, 6) is 1.57. The number of aromatic nitrogens is 2. The number of hydrogen-bond donors (Lipinski definition) is 1. The molecule has 0 saturated carbocycles. The minimum Gasteiger partial charge on any atom is -0.355 e. The summed E-state index contributed by atoms with van der Waals surface area (Å²) >= 11 is 0. The smallest absolute Gasteiger partial charge is 0.203 e. The molecule has 0 aliphatic carbocycles. The van der Waals surface area contributed by atoms with Gasteiger partial charge in [-0.25, -0.2) is 4.98 Å². The molecule has 0 amide bonds. The van der Waals surface area contributed by atoms with Crippen molar-refractivity contribution < 1.29 is 4.21 Å². The molecule has 1 aromatic rings. The van der Waals surface area contributed by atoms with Crippen LogP contribution in [0.25, 0.3) is 0 Å². The van der Waals surface area contributed by atoms with Crippen molar-refractivity contribution in [3.8, 4) is 0 Å². The largest absolute Gasteiger partial charge is 0.355 e. The maximum atomic E-state index is 10.9. The van der Waals surface area contributed by atoms with Crippen molar-refractivity contribution in [1.82, 2.24) is 9.55 Å². The van der Waals surface area contributed by atoms with Gasteiger partial charge in [0.25, 0.3) is 0 Å². The molecule has 1 N–H and O–H groups in total. The number of nitrogens with zero attached hydrogens (tertiary/aromatic N) is 2. The summed E-state index contributed by atoms with van der Waals surface area (Å²) in [5, 5.41) is 3.23. The first-order valence-electron chi connectivity index (χ1n) is 5.71. The SMILES string of the molecule is CCCCn1cc(C)nc1NCCS(C)=O. The predicted octanol–water partition coefficient (Wildman–Crippen LogP) is 1.78. The van der Waals surface area contributed by atoms with Gasteiger partial charge in [0.15, 0.2) is 0 Å². The van der Waals surface area contributed by atoms with Gasteiger partial charge >= 0.3 is 0 Å². The molecule has 0 bridgehead atoms. The van der Waals surface area contributed by atoms with E-state index in [0.717, 1.165) is 24.6 Å². The number of imidazole rings is 1. The summed E-state index contributed by atoms with van der Waals surface area (Å²) in [7, 11) is -0.744. The molecule has 1 unspecified atom stereocenters. The molecule has 1 aromatic heterocycles. The molecule has 16 heavy (non-hydrogen) atoms. The minimum atomic E-state index is -0.744. The molecule has 0 aliphatic heterocycles. The van der Waals surface area contributed by atoms with Crippen LogP contribution >= 0.6 is 0 Å². The number of rotatable bonds is 7. The minimum absolute atomic E-state index is 0.666. The van der Waals surface area contributed by atoms with Crippen molar-refractivity contribution in [2.45, 2.75) is 33.2 Å². The van der Waals surface area contributed by atoms with Crippen LogP contribution in [0.2, 0.25) is 0 Å². The van der Waals surface area contributed by atoms with E-state index in [4.69, 9.17) is 0 Å². The van der Waals surface area contributed by atoms with E-state index in [2.05, 4.69) is 28.0 Å². The van der Waals surface area contributed by atoms with Crippen LogP contribution in [0.4, 0.5) is 5.95 Å². The van der Waals surface area contributed by atoms with E-state index < -0.39 is 10.8 Å². The lowest BCUT2D eigenvalue weighted by molar-refractivity contribution is 0.635. The number of anilines is 1. The van der Waals surface area contributed by atoms with Gasteiger partial charge in [-0.1, -0.05) is 13.3 Å². The van der Waals surface area contributed by atoms with Crippen molar-refractivity contribution in [2.75, 3.05) is 23.9 Å². The third-order valence-electron chi connectivity index (χ3n) is 2.32. The second kappa shape index (κ2) is 6.68. The third-order valence-corrected chi connectivity index (χ3v) is 3.10. The van der Waals surface area contributed by atoms with Crippen LogP contribution < -0.4 is 5.32 Å². The van der Waals surface area contributed by atoms with Gasteiger partial charge in [0.05, 0.1) is 5.69 Å². The highest BCUT2D eigenvalue weighted by Gasteiger charge is 2.04. The second-order valence-electron chi connectivity index (χ2n) is 3.96. The van der Waals surface area contributed by atoms with E-state index in [1.54, 1.807) is 6.26 Å². The van der Waals surface area contributed by atoms with Crippen LogP contribution in [0, 0.1) is 6.92 Å². The van der Waals surface area contributed by atoms with E-state index in [9.17, 15) is 4.21 Å². The van der Waals surface area contributed by atoms with E-state index in [1.165, 1.54) is 6.42 Å². The fourth-order valence-corrected chi connectivity index (χ4v) is 1.88. The van der Waals surface area contributed by atoms with Crippen molar-refractivity contribution in [3.05, 3.63) is 11.9 Å². The Kier molecular flexibility index (Phi) is 5.52. The van der Waals surface area contributed by atoms with E-state index in [0.29, 0.717) is 12.3 Å². The topological polar surface area (TPSA) is 46.9 Å². The molecular weight excluding hydrogens is 222 g/mol. The quantitative estimate of drug-likeness (QED) is 0.794. The first kappa shape index (κ1) is 13.2. The molecule has 0 spiro atoms. The van der Waals surface area contributed by atoms with Gasteiger partial charge < -0.3 is 9.88 Å². The molecule has 5 heteroatoms. The third kappa shape index (κ3) is 4.35. The molecule has 0 aliphatic rings. The van der Waals surface area contributed by atoms with Gasteiger partial charge in [-0.15, -0.1) is 0 Å². The van der Waals surface area contributed by atoms with Crippen LogP contribution in [-0.2, 0) is 17.3 Å². The van der Waals surface area contributed by atoms with Crippen molar-refractivity contribution in [3.63, 3.8) is 0 Å². The second-order valence-corrected chi connectivity index (χ2v) is 5.51. The molecular formula is C11H21N3OS. The maximum Gasteiger partial charge on any atom is 0.203 e. The molecule has 1 atom stereocenters. The van der Waals surface area contributed by atoms with Crippen molar-refractivity contribution in [1.29, 1.82) is 0 Å². The highest BCUT2D eigenvalue weighted by molar-refractivity contribution is 7.84. The summed E-state index contributed by atoms with van der Waals surface area (Å²) in [6.07, 6.45) is 6.11. The van der Waals surface area contributed by atoms with E-state index in [-0.39, 0.29) is 0 Å². The number of nitrogens with one attached hydrogen (secondary N) is 1. The van der Waals surface area contributed by atoms with E-state index >= 15 is 0 Å². The summed E-state index contributed by atoms with van der Waals surface area (Å²) in [6.45, 7) is 5.88. The zero-order chi connectivity index (χ0) is 12.0. The average molecular weight is 243 g/mol. The molecule has 1 heterocycles. The van der Waals surface area contributed by atoms with Gasteiger partial charge in [-0.05, 0) is 13.3 Å². The van der Waals surface area contributed by atoms with Crippen LogP contribution in [0.5, 0.6) is 0 Å². The normalized spacial score (nSPS) is 12.7. The van der Waals surface area contributed by atoms with Gasteiger partial charge in [0.2, 0.25) is 5.95 Å². The van der Waals surface area contributed by atoms with Crippen molar-refractivity contribution >= 4 is 16.7 Å². The van der Waals surface area contributed by atoms with Gasteiger partial charge in [0.1, 0.15) is 0 Å². The summed E-state index contributed by atoms with van der Waals surface area (Å²) in [6, 6.07) is 0. The lowest BCUT2D eigenvalue weighted by Gasteiger charge is -2.08. The van der Waals surface area contributed by atoms with Crippen LogP contribution in [0.15, 0.2) is 6.20 Å². The predicted molar refractivity (Wildman–Crippen MR) is 69.3 cm³/mol. The molecule has 0 radical (unpaired) electrons. The summed E-state index contributed by atoms with van der Waals surface area (Å²) in [5.41, 5.74) is 1.02. The molecule has 1 rings (SSSR count). The van der Waals surface area contributed by atoms with Crippen LogP contribution in [0.3, 0.4) is 0 Å². The lowest BCUT2D eigenvalue weighted by Crippen LogP contribution is -2.13. The van der Waals surface area contributed by atoms with E-state index in [1.807, 2.05) is 6.92 Å². The standard InChI is InChI=1S/C11H21N3OS/c1-4-5-7-14-9-10(2)13-11(14)12-6-8-16(3)15/h9H,4-8H2,1-3H3,(H,12,13). The number of unbranched alkanes of at least 4 members (excludes halogenated alkanes) is 1. The molecule has 4 nitrogen and oxygen atoms in total. The zero-order valence-electron chi connectivity index (χ0n) is 10.3. The molecule has 0 aromatic carbocycles. The Hall–Kier alpha value is -0.840. The Morgan fingerprint density at radius 2 is 2.31 bits per heavy atom. The van der Waals surface area contributed by atoms with Gasteiger partial charge in [-0.2, -0.15) is 0 Å². The monoisotopic (exact) mass is 243 g/mol. The lowest BCUT2D eigenvalue weighted by atomic mass is 10.3. The van der Waals surface area contributed by atoms with Crippen molar-refractivity contribution in [2.24, 2.45) is 0 Å². The Balaban J connectivity index is 2.52. The summed E-state index contributed by atoms with van der Waals surface area (Å²) < 4.78 is 13.1. The fraction of sp³-hybridized carbons (Fsp3) is 0.727. The Morgan fingerprint density at radius 1 is 1.56 bits per heavy atom. The molecule has 0 saturated heterocycles. The Morgan fingerprint density at radius 3 is 2.94 bits per heavy atom. The fourth-order valence-electron chi connectivity index (χ4n) is 1.49. The maximum absolute atomic E-state index is 10.9. The van der Waals surface area contributed by atoms with Gasteiger partial charge in [-0.3, -0.25) is 4.21 Å². The Bertz CT molecular complexity index is 349. The first-order chi connectivity index (χ1) is 7.63. The van der Waals surface area contributed by atoms with Crippen LogP contribution in [-0.4, -0.2) is 32.3 Å². The number of hydrogen-bond acceptors (Lipinski definition) is 3. The van der Waals surface area contributed by atoms with Gasteiger partial charge in [0, 0.05) is 42.1 Å². The number of aryl methyl sites for hydroxylation is 2. The molecule has 92 valence electrons. The Labute approximate surface area is 99.9 Å². The summed E-state index contributed by atoms with van der Waals surface area (Å²) in [4.78, 5) is 4.41. The van der Waals surface area contributed by atoms with Crippen LogP contribution in [0.1, 0.15) is 25.5 Å². The highest BCUT2D eigenvalue weighted by atomic mass is 32.2. The average Bonchev–Trinajstić information content (AvgIpc) is 2.55. The highest BCUT2D eigenvalue weighted by Crippen LogP contribution is 2.09. The molecule has 0 fully saturated rings.